The summed E-state index contributed by atoms with van der Waals surface area (Å²) in [5, 5.41) is 5.34. The van der Waals surface area contributed by atoms with Crippen LogP contribution in [0.25, 0.3) is 6.08 Å². The summed E-state index contributed by atoms with van der Waals surface area (Å²) in [6.07, 6.45) is 4.62. The molecule has 1 aliphatic heterocycles. The van der Waals surface area contributed by atoms with Crippen molar-refractivity contribution in [1.29, 1.82) is 0 Å². The second-order valence-electron chi connectivity index (χ2n) is 4.87. The van der Waals surface area contributed by atoms with Crippen LogP contribution in [0, 0.1) is 0 Å². The summed E-state index contributed by atoms with van der Waals surface area (Å²) in [5.41, 5.74) is 0.970. The summed E-state index contributed by atoms with van der Waals surface area (Å²) in [6.45, 7) is 4.17. The molecule has 0 aliphatic carbocycles. The number of thiazole rings is 1. The first kappa shape index (κ1) is 15.0. The molecule has 2 aromatic rings. The summed E-state index contributed by atoms with van der Waals surface area (Å²) in [5.74, 6) is 0.422. The van der Waals surface area contributed by atoms with Crippen LogP contribution in [0.1, 0.15) is 11.5 Å². The number of furan rings is 1. The molecule has 0 saturated carbocycles. The SMILES string of the molecule is O=C(C=Cc1ccco1)Nc1nc(CN2CCOCC2)cs1. The fourth-order valence-corrected chi connectivity index (χ4v) is 2.82. The average molecular weight is 319 g/mol. The zero-order valence-corrected chi connectivity index (χ0v) is 12.8. The lowest BCUT2D eigenvalue weighted by Gasteiger charge is -2.25. The number of nitrogens with zero attached hydrogens (tertiary/aromatic N) is 2. The topological polar surface area (TPSA) is 67.6 Å². The maximum absolute atomic E-state index is 11.8. The second kappa shape index (κ2) is 7.35. The summed E-state index contributed by atoms with van der Waals surface area (Å²) in [6, 6.07) is 3.56. The molecule has 7 heteroatoms. The van der Waals surface area contributed by atoms with Crippen LogP contribution in [0.4, 0.5) is 5.13 Å². The zero-order valence-electron chi connectivity index (χ0n) is 12.0. The van der Waals surface area contributed by atoms with Crippen LogP contribution in [0.2, 0.25) is 0 Å². The molecule has 1 fully saturated rings. The normalized spacial score (nSPS) is 16.2. The van der Waals surface area contributed by atoms with Crippen molar-refractivity contribution in [3.05, 3.63) is 41.3 Å². The lowest BCUT2D eigenvalue weighted by Crippen LogP contribution is -2.35. The first-order chi connectivity index (χ1) is 10.8. The summed E-state index contributed by atoms with van der Waals surface area (Å²) < 4.78 is 10.4. The fourth-order valence-electron chi connectivity index (χ4n) is 2.12. The minimum Gasteiger partial charge on any atom is -0.465 e. The van der Waals surface area contributed by atoms with E-state index >= 15 is 0 Å². The van der Waals surface area contributed by atoms with E-state index in [1.165, 1.54) is 17.4 Å². The van der Waals surface area contributed by atoms with E-state index in [0.717, 1.165) is 38.5 Å². The average Bonchev–Trinajstić information content (AvgIpc) is 3.18. The van der Waals surface area contributed by atoms with Crippen molar-refractivity contribution in [3.63, 3.8) is 0 Å². The number of carbonyl (C=O) groups excluding carboxylic acids is 1. The van der Waals surface area contributed by atoms with Crippen LogP contribution < -0.4 is 5.32 Å². The Morgan fingerprint density at radius 3 is 3.09 bits per heavy atom. The summed E-state index contributed by atoms with van der Waals surface area (Å²) in [7, 11) is 0. The van der Waals surface area contributed by atoms with E-state index in [0.29, 0.717) is 10.9 Å². The van der Waals surface area contributed by atoms with E-state index in [1.54, 1.807) is 24.5 Å². The highest BCUT2D eigenvalue weighted by atomic mass is 32.1. The monoisotopic (exact) mass is 319 g/mol. The minimum absolute atomic E-state index is 0.219. The number of nitrogens with one attached hydrogen (secondary N) is 1. The van der Waals surface area contributed by atoms with Crippen molar-refractivity contribution >= 4 is 28.5 Å². The van der Waals surface area contributed by atoms with Crippen molar-refractivity contribution < 1.29 is 13.9 Å². The highest BCUT2D eigenvalue weighted by molar-refractivity contribution is 7.13. The molecule has 3 rings (SSSR count). The maximum Gasteiger partial charge on any atom is 0.250 e. The zero-order chi connectivity index (χ0) is 15.2. The number of aromatic nitrogens is 1. The molecule has 2 aromatic heterocycles. The van der Waals surface area contributed by atoms with Gasteiger partial charge in [-0.3, -0.25) is 15.0 Å². The standard InChI is InChI=1S/C15H17N3O3S/c19-14(4-3-13-2-1-7-21-13)17-15-16-12(11-22-15)10-18-5-8-20-9-6-18/h1-4,7,11H,5-6,8-10H2,(H,16,17,19). The van der Waals surface area contributed by atoms with Crippen LogP contribution in [-0.4, -0.2) is 42.1 Å². The highest BCUT2D eigenvalue weighted by Crippen LogP contribution is 2.17. The minimum atomic E-state index is -0.219. The number of hydrogen-bond donors (Lipinski definition) is 1. The van der Waals surface area contributed by atoms with Gasteiger partial charge in [-0.1, -0.05) is 0 Å². The van der Waals surface area contributed by atoms with Gasteiger partial charge in [0.25, 0.3) is 0 Å². The maximum atomic E-state index is 11.8. The third-order valence-electron chi connectivity index (χ3n) is 3.21. The van der Waals surface area contributed by atoms with Gasteiger partial charge in [-0.05, 0) is 18.2 Å². The van der Waals surface area contributed by atoms with E-state index in [2.05, 4.69) is 15.2 Å². The molecule has 0 radical (unpaired) electrons. The predicted molar refractivity (Wildman–Crippen MR) is 84.6 cm³/mol. The van der Waals surface area contributed by atoms with Crippen molar-refractivity contribution in [1.82, 2.24) is 9.88 Å². The van der Waals surface area contributed by atoms with E-state index in [1.807, 2.05) is 5.38 Å². The summed E-state index contributed by atoms with van der Waals surface area (Å²) >= 11 is 1.43. The molecule has 1 amide bonds. The van der Waals surface area contributed by atoms with E-state index < -0.39 is 0 Å². The van der Waals surface area contributed by atoms with Crippen LogP contribution >= 0.6 is 11.3 Å². The van der Waals surface area contributed by atoms with Crippen LogP contribution in [0.5, 0.6) is 0 Å². The molecule has 3 heterocycles. The van der Waals surface area contributed by atoms with Gasteiger partial charge >= 0.3 is 0 Å². The van der Waals surface area contributed by atoms with Gasteiger partial charge in [-0.2, -0.15) is 0 Å². The van der Waals surface area contributed by atoms with E-state index in [9.17, 15) is 4.79 Å². The summed E-state index contributed by atoms with van der Waals surface area (Å²) in [4.78, 5) is 18.5. The van der Waals surface area contributed by atoms with Gasteiger partial charge in [-0.15, -0.1) is 11.3 Å². The number of amides is 1. The number of rotatable bonds is 5. The Morgan fingerprint density at radius 2 is 2.32 bits per heavy atom. The third kappa shape index (κ3) is 4.27. The van der Waals surface area contributed by atoms with Gasteiger partial charge < -0.3 is 9.15 Å². The lowest BCUT2D eigenvalue weighted by molar-refractivity contribution is -0.111. The van der Waals surface area contributed by atoms with Crippen LogP contribution in [0.15, 0.2) is 34.3 Å². The quantitative estimate of drug-likeness (QED) is 0.856. The van der Waals surface area contributed by atoms with Crippen molar-refractivity contribution in [2.75, 3.05) is 31.6 Å². The highest BCUT2D eigenvalue weighted by Gasteiger charge is 2.13. The Morgan fingerprint density at radius 1 is 1.45 bits per heavy atom. The number of ether oxygens (including phenoxy) is 1. The Bertz CT molecular complexity index is 630. The Labute approximate surface area is 132 Å². The van der Waals surface area contributed by atoms with Crippen molar-refractivity contribution in [2.24, 2.45) is 0 Å². The van der Waals surface area contributed by atoms with E-state index in [4.69, 9.17) is 9.15 Å². The van der Waals surface area contributed by atoms with Gasteiger partial charge in [0.2, 0.25) is 5.91 Å². The Hall–Kier alpha value is -1.96. The molecule has 1 aliphatic rings. The van der Waals surface area contributed by atoms with Gasteiger partial charge in [-0.25, -0.2) is 4.98 Å². The van der Waals surface area contributed by atoms with Crippen LogP contribution in [-0.2, 0) is 16.1 Å². The fraction of sp³-hybridized carbons (Fsp3) is 0.333. The molecule has 0 unspecified atom stereocenters. The molecule has 6 nitrogen and oxygen atoms in total. The number of hydrogen-bond acceptors (Lipinski definition) is 6. The number of carbonyl (C=O) groups is 1. The number of morpholine rings is 1. The lowest BCUT2D eigenvalue weighted by atomic mass is 10.3. The molecule has 116 valence electrons. The molecule has 0 aromatic carbocycles. The molecule has 0 atom stereocenters. The first-order valence-corrected chi connectivity index (χ1v) is 7.94. The van der Waals surface area contributed by atoms with Gasteiger partial charge in [0.05, 0.1) is 25.2 Å². The third-order valence-corrected chi connectivity index (χ3v) is 4.02. The Balaban J connectivity index is 1.51. The first-order valence-electron chi connectivity index (χ1n) is 7.07. The predicted octanol–water partition coefficient (Wildman–Crippen LogP) is 2.22. The smallest absolute Gasteiger partial charge is 0.250 e. The largest absolute Gasteiger partial charge is 0.465 e. The van der Waals surface area contributed by atoms with Crippen molar-refractivity contribution in [2.45, 2.75) is 6.54 Å². The second-order valence-corrected chi connectivity index (χ2v) is 5.73. The molecule has 1 saturated heterocycles. The van der Waals surface area contributed by atoms with Gasteiger partial charge in [0.15, 0.2) is 5.13 Å². The van der Waals surface area contributed by atoms with Crippen molar-refractivity contribution in [3.8, 4) is 0 Å². The van der Waals surface area contributed by atoms with Crippen LogP contribution in [0.3, 0.4) is 0 Å². The molecule has 0 bridgehead atoms. The Kier molecular flexibility index (Phi) is 4.99. The molecule has 1 N–H and O–H groups in total. The molecule has 22 heavy (non-hydrogen) atoms. The van der Waals surface area contributed by atoms with Gasteiger partial charge in [0.1, 0.15) is 5.76 Å². The number of anilines is 1. The molecule has 0 spiro atoms. The van der Waals surface area contributed by atoms with E-state index in [-0.39, 0.29) is 5.91 Å². The molecular weight excluding hydrogens is 302 g/mol. The molecular formula is C15H17N3O3S. The van der Waals surface area contributed by atoms with Gasteiger partial charge in [0, 0.05) is 31.1 Å².